The first kappa shape index (κ1) is 13.7. The summed E-state index contributed by atoms with van der Waals surface area (Å²) in [4.78, 5) is 25.5. The molecule has 0 radical (unpaired) electrons. The molecule has 3 rings (SSSR count). The van der Waals surface area contributed by atoms with Gasteiger partial charge in [0.2, 0.25) is 18.6 Å². The van der Waals surface area contributed by atoms with E-state index in [2.05, 4.69) is 5.32 Å². The number of carbonyl (C=O) groups is 2. The van der Waals surface area contributed by atoms with Crippen LogP contribution in [-0.4, -0.2) is 42.6 Å². The Bertz CT molecular complexity index is 573. The van der Waals surface area contributed by atoms with Gasteiger partial charge < -0.3 is 19.7 Å². The average Bonchev–Trinajstić information content (AvgIpc) is 2.95. The molecule has 21 heavy (non-hydrogen) atoms. The summed E-state index contributed by atoms with van der Waals surface area (Å²) in [7, 11) is 0. The molecule has 6 heteroatoms. The number of fused-ring (bicyclic) bond motifs is 1. The summed E-state index contributed by atoms with van der Waals surface area (Å²) in [6.07, 6.45) is 1.01. The lowest BCUT2D eigenvalue weighted by molar-refractivity contribution is -0.142. The van der Waals surface area contributed by atoms with Crippen LogP contribution >= 0.6 is 0 Å². The second-order valence-electron chi connectivity index (χ2n) is 5.24. The standard InChI is InChI=1S/C15H18N2O4/c1-10-15(19)16-6-7-17(10)14(18)5-3-11-2-4-12-13(8-11)21-9-20-12/h2,4,8,10H,3,5-7,9H2,1H3,(H,16,19). The number of nitrogens with zero attached hydrogens (tertiary/aromatic N) is 1. The van der Waals surface area contributed by atoms with Crippen molar-refractivity contribution < 1.29 is 19.1 Å². The van der Waals surface area contributed by atoms with Crippen molar-refractivity contribution in [2.75, 3.05) is 19.9 Å². The van der Waals surface area contributed by atoms with E-state index < -0.39 is 0 Å². The molecule has 0 aliphatic carbocycles. The van der Waals surface area contributed by atoms with E-state index in [4.69, 9.17) is 9.47 Å². The van der Waals surface area contributed by atoms with E-state index >= 15 is 0 Å². The van der Waals surface area contributed by atoms with E-state index in [0.29, 0.717) is 25.9 Å². The number of aryl methyl sites for hydroxylation is 1. The Kier molecular flexibility index (Phi) is 3.68. The Balaban J connectivity index is 1.59. The normalized spacial score (nSPS) is 20.3. The quantitative estimate of drug-likeness (QED) is 0.889. The van der Waals surface area contributed by atoms with Crippen molar-refractivity contribution >= 4 is 11.8 Å². The van der Waals surface area contributed by atoms with Crippen LogP contribution in [0.5, 0.6) is 11.5 Å². The Hall–Kier alpha value is -2.24. The van der Waals surface area contributed by atoms with Crippen LogP contribution in [0.25, 0.3) is 0 Å². The molecule has 1 saturated heterocycles. The van der Waals surface area contributed by atoms with Crippen LogP contribution in [0.3, 0.4) is 0 Å². The summed E-state index contributed by atoms with van der Waals surface area (Å²) in [5.41, 5.74) is 1.03. The SMILES string of the molecule is CC1C(=O)NCCN1C(=O)CCc1ccc2c(c1)OCO2. The van der Waals surface area contributed by atoms with Gasteiger partial charge in [-0.25, -0.2) is 0 Å². The van der Waals surface area contributed by atoms with Crippen LogP contribution in [0.4, 0.5) is 0 Å². The van der Waals surface area contributed by atoms with E-state index in [1.54, 1.807) is 11.8 Å². The lowest BCUT2D eigenvalue weighted by Crippen LogP contribution is -2.55. The molecule has 1 unspecified atom stereocenters. The fraction of sp³-hybridized carbons (Fsp3) is 0.467. The van der Waals surface area contributed by atoms with Crippen molar-refractivity contribution in [1.82, 2.24) is 10.2 Å². The van der Waals surface area contributed by atoms with Crippen molar-refractivity contribution in [2.24, 2.45) is 0 Å². The molecule has 0 spiro atoms. The highest BCUT2D eigenvalue weighted by molar-refractivity contribution is 5.88. The number of carbonyl (C=O) groups excluding carboxylic acids is 2. The summed E-state index contributed by atoms with van der Waals surface area (Å²) >= 11 is 0. The van der Waals surface area contributed by atoms with Gasteiger partial charge in [0, 0.05) is 19.5 Å². The minimum atomic E-state index is -0.386. The van der Waals surface area contributed by atoms with Crippen LogP contribution in [0.2, 0.25) is 0 Å². The van der Waals surface area contributed by atoms with Gasteiger partial charge >= 0.3 is 0 Å². The van der Waals surface area contributed by atoms with Crippen LogP contribution in [0.15, 0.2) is 18.2 Å². The molecule has 2 aliphatic rings. The second-order valence-corrected chi connectivity index (χ2v) is 5.24. The minimum absolute atomic E-state index is 0.00927. The number of ether oxygens (including phenoxy) is 2. The maximum Gasteiger partial charge on any atom is 0.242 e. The van der Waals surface area contributed by atoms with Gasteiger partial charge in [-0.1, -0.05) is 6.07 Å². The van der Waals surface area contributed by atoms with Gasteiger partial charge in [-0.15, -0.1) is 0 Å². The van der Waals surface area contributed by atoms with Gasteiger partial charge in [0.15, 0.2) is 11.5 Å². The van der Waals surface area contributed by atoms with Gasteiger partial charge in [-0.05, 0) is 31.0 Å². The molecule has 1 atom stereocenters. The number of amides is 2. The van der Waals surface area contributed by atoms with Crippen molar-refractivity contribution in [2.45, 2.75) is 25.8 Å². The third kappa shape index (κ3) is 2.79. The van der Waals surface area contributed by atoms with Gasteiger partial charge in [-0.3, -0.25) is 9.59 Å². The van der Waals surface area contributed by atoms with Crippen molar-refractivity contribution in [3.05, 3.63) is 23.8 Å². The highest BCUT2D eigenvalue weighted by Gasteiger charge is 2.28. The topological polar surface area (TPSA) is 67.9 Å². The molecule has 2 amide bonds. The van der Waals surface area contributed by atoms with Crippen molar-refractivity contribution in [3.8, 4) is 11.5 Å². The fourth-order valence-corrected chi connectivity index (χ4v) is 2.61. The predicted molar refractivity (Wildman–Crippen MR) is 75.1 cm³/mol. The fourth-order valence-electron chi connectivity index (χ4n) is 2.61. The number of piperazine rings is 1. The first-order valence-electron chi connectivity index (χ1n) is 7.11. The maximum atomic E-state index is 12.3. The van der Waals surface area contributed by atoms with E-state index in [1.165, 1.54) is 0 Å². The molecular formula is C15H18N2O4. The molecule has 6 nitrogen and oxygen atoms in total. The highest BCUT2D eigenvalue weighted by Crippen LogP contribution is 2.32. The monoisotopic (exact) mass is 290 g/mol. The van der Waals surface area contributed by atoms with Crippen molar-refractivity contribution in [1.29, 1.82) is 0 Å². The number of benzene rings is 1. The average molecular weight is 290 g/mol. The van der Waals surface area contributed by atoms with Crippen molar-refractivity contribution in [3.63, 3.8) is 0 Å². The highest BCUT2D eigenvalue weighted by atomic mass is 16.7. The molecule has 0 bridgehead atoms. The lowest BCUT2D eigenvalue weighted by atomic mass is 10.1. The van der Waals surface area contributed by atoms with E-state index in [0.717, 1.165) is 17.1 Å². The zero-order valence-electron chi connectivity index (χ0n) is 11.9. The van der Waals surface area contributed by atoms with Crippen LogP contribution < -0.4 is 14.8 Å². The molecule has 1 aromatic rings. The number of rotatable bonds is 3. The largest absolute Gasteiger partial charge is 0.454 e. The summed E-state index contributed by atoms with van der Waals surface area (Å²) in [5, 5.41) is 2.76. The summed E-state index contributed by atoms with van der Waals surface area (Å²) in [5.74, 6) is 1.39. The number of nitrogens with one attached hydrogen (secondary N) is 1. The zero-order chi connectivity index (χ0) is 14.8. The minimum Gasteiger partial charge on any atom is -0.454 e. The van der Waals surface area contributed by atoms with E-state index in [-0.39, 0.29) is 24.6 Å². The Morgan fingerprint density at radius 3 is 3.05 bits per heavy atom. The van der Waals surface area contributed by atoms with Crippen LogP contribution in [0, 0.1) is 0 Å². The van der Waals surface area contributed by atoms with Gasteiger partial charge in [0.1, 0.15) is 6.04 Å². The zero-order valence-corrected chi connectivity index (χ0v) is 11.9. The maximum absolute atomic E-state index is 12.3. The van der Waals surface area contributed by atoms with Crippen LogP contribution in [-0.2, 0) is 16.0 Å². The molecule has 1 fully saturated rings. The molecule has 1 N–H and O–H groups in total. The Labute approximate surface area is 123 Å². The molecule has 112 valence electrons. The predicted octanol–water partition coefficient (Wildman–Crippen LogP) is 0.695. The smallest absolute Gasteiger partial charge is 0.242 e. The third-order valence-corrected chi connectivity index (χ3v) is 3.88. The van der Waals surface area contributed by atoms with E-state index in [1.807, 2.05) is 18.2 Å². The molecule has 0 saturated carbocycles. The first-order chi connectivity index (χ1) is 10.1. The second kappa shape index (κ2) is 5.63. The first-order valence-corrected chi connectivity index (χ1v) is 7.11. The molecule has 0 aromatic heterocycles. The molecule has 2 aliphatic heterocycles. The summed E-state index contributed by atoms with van der Waals surface area (Å²) in [6, 6.07) is 5.32. The lowest BCUT2D eigenvalue weighted by Gasteiger charge is -2.32. The van der Waals surface area contributed by atoms with E-state index in [9.17, 15) is 9.59 Å². The molecule has 2 heterocycles. The molecule has 1 aromatic carbocycles. The van der Waals surface area contributed by atoms with Gasteiger partial charge in [-0.2, -0.15) is 0 Å². The van der Waals surface area contributed by atoms with Crippen LogP contribution in [0.1, 0.15) is 18.9 Å². The summed E-state index contributed by atoms with van der Waals surface area (Å²) < 4.78 is 10.6. The Morgan fingerprint density at radius 2 is 2.19 bits per heavy atom. The third-order valence-electron chi connectivity index (χ3n) is 3.88. The van der Waals surface area contributed by atoms with Gasteiger partial charge in [0.05, 0.1) is 0 Å². The number of hydrogen-bond donors (Lipinski definition) is 1. The number of hydrogen-bond acceptors (Lipinski definition) is 4. The Morgan fingerprint density at radius 1 is 1.38 bits per heavy atom. The van der Waals surface area contributed by atoms with Gasteiger partial charge in [0.25, 0.3) is 0 Å². The summed E-state index contributed by atoms with van der Waals surface area (Å²) in [6.45, 7) is 3.11. The molecular weight excluding hydrogens is 272 g/mol.